The van der Waals surface area contributed by atoms with E-state index in [2.05, 4.69) is 16.0 Å². The lowest BCUT2D eigenvalue weighted by molar-refractivity contribution is -0.115. The number of anilines is 1. The van der Waals surface area contributed by atoms with E-state index in [1.807, 2.05) is 6.07 Å². The molecule has 0 fully saturated rings. The predicted molar refractivity (Wildman–Crippen MR) is 88.2 cm³/mol. The predicted octanol–water partition coefficient (Wildman–Crippen LogP) is 2.41. The summed E-state index contributed by atoms with van der Waals surface area (Å²) in [5.74, 6) is -1.97. The van der Waals surface area contributed by atoms with Gasteiger partial charge in [0.05, 0.1) is 13.7 Å². The summed E-state index contributed by atoms with van der Waals surface area (Å²) < 4.78 is 30.9. The van der Waals surface area contributed by atoms with E-state index >= 15 is 0 Å². The minimum Gasteiger partial charge on any atom is -0.497 e. The number of methoxy groups -OCH3 is 1. The van der Waals surface area contributed by atoms with Crippen molar-refractivity contribution in [2.75, 3.05) is 19.0 Å². The first kappa shape index (κ1) is 18.2. The van der Waals surface area contributed by atoms with E-state index in [1.165, 1.54) is 6.07 Å². The van der Waals surface area contributed by atoms with Gasteiger partial charge in [-0.2, -0.15) is 0 Å². The fourth-order valence-corrected chi connectivity index (χ4v) is 1.97. The summed E-state index contributed by atoms with van der Waals surface area (Å²) in [7, 11) is 1.55. The van der Waals surface area contributed by atoms with E-state index < -0.39 is 23.6 Å². The van der Waals surface area contributed by atoms with Crippen LogP contribution in [0.1, 0.15) is 5.56 Å². The number of halogens is 2. The molecule has 0 aliphatic heterocycles. The molecule has 2 aromatic carbocycles. The van der Waals surface area contributed by atoms with Crippen molar-refractivity contribution in [2.45, 2.75) is 6.54 Å². The van der Waals surface area contributed by atoms with Crippen molar-refractivity contribution in [2.24, 2.45) is 0 Å². The Kier molecular flexibility index (Phi) is 6.27. The van der Waals surface area contributed by atoms with Crippen molar-refractivity contribution < 1.29 is 23.1 Å². The van der Waals surface area contributed by atoms with Crippen LogP contribution in [0.2, 0.25) is 0 Å². The van der Waals surface area contributed by atoms with E-state index in [0.717, 1.165) is 17.7 Å². The highest BCUT2D eigenvalue weighted by molar-refractivity contribution is 5.94. The first-order valence-corrected chi connectivity index (χ1v) is 7.37. The fraction of sp³-hybridized carbons (Fsp3) is 0.176. The Labute approximate surface area is 143 Å². The molecule has 0 radical (unpaired) electrons. The fourth-order valence-electron chi connectivity index (χ4n) is 1.97. The van der Waals surface area contributed by atoms with Gasteiger partial charge in [0, 0.05) is 18.3 Å². The van der Waals surface area contributed by atoms with Gasteiger partial charge < -0.3 is 20.7 Å². The lowest BCUT2D eigenvalue weighted by atomic mass is 10.2. The number of rotatable bonds is 6. The third-order valence-electron chi connectivity index (χ3n) is 3.20. The van der Waals surface area contributed by atoms with Crippen LogP contribution in [0.25, 0.3) is 0 Å². The average molecular weight is 349 g/mol. The third kappa shape index (κ3) is 5.76. The van der Waals surface area contributed by atoms with Crippen LogP contribution in [-0.2, 0) is 11.3 Å². The van der Waals surface area contributed by atoms with Crippen molar-refractivity contribution in [3.8, 4) is 5.75 Å². The normalized spacial score (nSPS) is 10.0. The van der Waals surface area contributed by atoms with Gasteiger partial charge in [-0.1, -0.05) is 12.1 Å². The van der Waals surface area contributed by atoms with Gasteiger partial charge >= 0.3 is 6.03 Å². The molecular weight excluding hydrogens is 332 g/mol. The second-order valence-corrected chi connectivity index (χ2v) is 5.06. The molecule has 132 valence electrons. The van der Waals surface area contributed by atoms with Gasteiger partial charge in [0.15, 0.2) is 11.6 Å². The lowest BCUT2D eigenvalue weighted by Gasteiger charge is -2.09. The number of hydrogen-bond donors (Lipinski definition) is 3. The number of hydrogen-bond acceptors (Lipinski definition) is 3. The maximum atomic E-state index is 13.0. The molecule has 25 heavy (non-hydrogen) atoms. The first-order chi connectivity index (χ1) is 12.0. The topological polar surface area (TPSA) is 79.5 Å². The minimum absolute atomic E-state index is 0.0995. The number of carbonyl (C=O) groups excluding carboxylic acids is 2. The summed E-state index contributed by atoms with van der Waals surface area (Å²) in [6.07, 6.45) is 0. The molecule has 0 bridgehead atoms. The van der Waals surface area contributed by atoms with Crippen LogP contribution < -0.4 is 20.7 Å². The maximum absolute atomic E-state index is 13.0. The standard InChI is InChI=1S/C17H17F2N3O3/c1-25-13-4-2-3-11(7-13)9-20-17(24)21-10-16(23)22-12-5-6-14(18)15(19)8-12/h2-8H,9-10H2,1H3,(H,22,23)(H2,20,21,24). The SMILES string of the molecule is COc1cccc(CNC(=O)NCC(=O)Nc2ccc(F)c(F)c2)c1. The molecule has 3 amide bonds. The van der Waals surface area contributed by atoms with Crippen LogP contribution in [-0.4, -0.2) is 25.6 Å². The zero-order valence-electron chi connectivity index (χ0n) is 13.4. The molecule has 2 aromatic rings. The van der Waals surface area contributed by atoms with Gasteiger partial charge in [-0.05, 0) is 29.8 Å². The summed E-state index contributed by atoms with van der Waals surface area (Å²) in [5, 5.41) is 7.31. The molecule has 0 aliphatic rings. The number of ether oxygens (including phenoxy) is 1. The van der Waals surface area contributed by atoms with Crippen LogP contribution in [0.3, 0.4) is 0 Å². The minimum atomic E-state index is -1.07. The van der Waals surface area contributed by atoms with E-state index in [0.29, 0.717) is 5.75 Å². The molecule has 0 saturated heterocycles. The molecule has 2 rings (SSSR count). The van der Waals surface area contributed by atoms with E-state index in [4.69, 9.17) is 4.74 Å². The van der Waals surface area contributed by atoms with Crippen LogP contribution in [0, 0.1) is 11.6 Å². The molecule has 0 saturated carbocycles. The molecular formula is C17H17F2N3O3. The Hall–Kier alpha value is -3.16. The molecule has 0 spiro atoms. The smallest absolute Gasteiger partial charge is 0.315 e. The Morgan fingerprint density at radius 1 is 1.04 bits per heavy atom. The first-order valence-electron chi connectivity index (χ1n) is 7.37. The van der Waals surface area contributed by atoms with Crippen LogP contribution in [0.5, 0.6) is 5.75 Å². The van der Waals surface area contributed by atoms with Crippen molar-refractivity contribution in [1.82, 2.24) is 10.6 Å². The Morgan fingerprint density at radius 3 is 2.56 bits per heavy atom. The second kappa shape index (κ2) is 8.62. The Morgan fingerprint density at radius 2 is 1.84 bits per heavy atom. The Balaban J connectivity index is 1.75. The van der Waals surface area contributed by atoms with Crippen molar-refractivity contribution in [3.63, 3.8) is 0 Å². The molecule has 8 heteroatoms. The van der Waals surface area contributed by atoms with Gasteiger partial charge in [0.25, 0.3) is 0 Å². The highest BCUT2D eigenvalue weighted by Crippen LogP contribution is 2.13. The number of nitrogens with one attached hydrogen (secondary N) is 3. The molecule has 3 N–H and O–H groups in total. The van der Waals surface area contributed by atoms with Crippen molar-refractivity contribution in [3.05, 3.63) is 59.7 Å². The van der Waals surface area contributed by atoms with Gasteiger partial charge in [0.2, 0.25) is 5.91 Å². The van der Waals surface area contributed by atoms with Gasteiger partial charge in [0.1, 0.15) is 5.75 Å². The summed E-state index contributed by atoms with van der Waals surface area (Å²) in [5.41, 5.74) is 0.934. The molecule has 0 heterocycles. The second-order valence-electron chi connectivity index (χ2n) is 5.06. The molecule has 0 aliphatic carbocycles. The summed E-state index contributed by atoms with van der Waals surface area (Å²) in [4.78, 5) is 23.4. The summed E-state index contributed by atoms with van der Waals surface area (Å²) >= 11 is 0. The lowest BCUT2D eigenvalue weighted by Crippen LogP contribution is -2.39. The zero-order chi connectivity index (χ0) is 18.2. The largest absolute Gasteiger partial charge is 0.497 e. The van der Waals surface area contributed by atoms with Crippen LogP contribution in [0.4, 0.5) is 19.3 Å². The van der Waals surface area contributed by atoms with Gasteiger partial charge in [-0.15, -0.1) is 0 Å². The third-order valence-corrected chi connectivity index (χ3v) is 3.20. The van der Waals surface area contributed by atoms with Gasteiger partial charge in [-0.25, -0.2) is 13.6 Å². The van der Waals surface area contributed by atoms with E-state index in [-0.39, 0.29) is 18.8 Å². The molecule has 0 atom stereocenters. The highest BCUT2D eigenvalue weighted by atomic mass is 19.2. The maximum Gasteiger partial charge on any atom is 0.315 e. The van der Waals surface area contributed by atoms with Gasteiger partial charge in [-0.3, -0.25) is 4.79 Å². The number of benzene rings is 2. The van der Waals surface area contributed by atoms with Crippen molar-refractivity contribution >= 4 is 17.6 Å². The molecule has 0 aromatic heterocycles. The van der Waals surface area contributed by atoms with Crippen LogP contribution >= 0.6 is 0 Å². The highest BCUT2D eigenvalue weighted by Gasteiger charge is 2.08. The Bertz CT molecular complexity index is 769. The quantitative estimate of drug-likeness (QED) is 0.749. The average Bonchev–Trinajstić information content (AvgIpc) is 2.61. The summed E-state index contributed by atoms with van der Waals surface area (Å²) in [6, 6.07) is 9.61. The molecule has 0 unspecified atom stereocenters. The number of amides is 3. The monoisotopic (exact) mass is 349 g/mol. The van der Waals surface area contributed by atoms with E-state index in [1.54, 1.807) is 25.3 Å². The van der Waals surface area contributed by atoms with E-state index in [9.17, 15) is 18.4 Å². The number of urea groups is 1. The number of carbonyl (C=O) groups is 2. The zero-order valence-corrected chi connectivity index (χ0v) is 13.4. The molecule has 6 nitrogen and oxygen atoms in total. The van der Waals surface area contributed by atoms with Crippen molar-refractivity contribution in [1.29, 1.82) is 0 Å². The van der Waals surface area contributed by atoms with Crippen LogP contribution in [0.15, 0.2) is 42.5 Å². The summed E-state index contributed by atoms with van der Waals surface area (Å²) in [6.45, 7) is -0.0588.